The molecule has 1 aliphatic carbocycles. The predicted octanol–water partition coefficient (Wildman–Crippen LogP) is 1.07. The summed E-state index contributed by atoms with van der Waals surface area (Å²) in [5.41, 5.74) is 0. The lowest BCUT2D eigenvalue weighted by molar-refractivity contribution is -0.143. The maximum absolute atomic E-state index is 12.4. The third kappa shape index (κ3) is 8.36. The molecule has 1 saturated carbocycles. The van der Waals surface area contributed by atoms with E-state index in [4.69, 9.17) is 0 Å². The summed E-state index contributed by atoms with van der Waals surface area (Å²) in [5, 5.41) is 8.96. The molecule has 2 rings (SSSR count). The van der Waals surface area contributed by atoms with E-state index in [9.17, 15) is 18.0 Å². The number of alkyl halides is 3. The van der Waals surface area contributed by atoms with Crippen LogP contribution in [0.1, 0.15) is 26.2 Å². The molecule has 140 valence electrons. The molecule has 0 aromatic heterocycles. The van der Waals surface area contributed by atoms with Gasteiger partial charge in [0.25, 0.3) is 0 Å². The van der Waals surface area contributed by atoms with E-state index in [2.05, 4.69) is 20.9 Å². The maximum atomic E-state index is 12.4. The number of nitrogens with one attached hydrogen (secondary N) is 3. The molecule has 0 aromatic rings. The minimum Gasteiger partial charge on any atom is -0.357 e. The first-order valence-electron chi connectivity index (χ1n) is 7.99. The van der Waals surface area contributed by atoms with Crippen molar-refractivity contribution in [2.24, 2.45) is 4.99 Å². The van der Waals surface area contributed by atoms with Gasteiger partial charge in [-0.05, 0) is 26.2 Å². The maximum Gasteiger partial charge on any atom is 0.401 e. The molecule has 10 heteroatoms. The highest BCUT2D eigenvalue weighted by molar-refractivity contribution is 14.0. The Balaban J connectivity index is 0.00000288. The van der Waals surface area contributed by atoms with E-state index < -0.39 is 12.7 Å². The fraction of sp³-hybridized carbons (Fsp3) is 0.857. The Hall–Kier alpha value is -0.780. The quantitative estimate of drug-likeness (QED) is 0.314. The van der Waals surface area contributed by atoms with E-state index in [-0.39, 0.29) is 42.5 Å². The van der Waals surface area contributed by atoms with E-state index in [0.717, 1.165) is 12.8 Å². The van der Waals surface area contributed by atoms with Crippen LogP contribution in [-0.4, -0.2) is 67.8 Å². The van der Waals surface area contributed by atoms with Crippen LogP contribution < -0.4 is 16.0 Å². The predicted molar refractivity (Wildman–Crippen MR) is 96.6 cm³/mol. The third-order valence-corrected chi connectivity index (χ3v) is 3.68. The summed E-state index contributed by atoms with van der Waals surface area (Å²) in [6, 6.07) is 0.195. The zero-order chi connectivity index (χ0) is 16.9. The van der Waals surface area contributed by atoms with Gasteiger partial charge in [0.15, 0.2) is 5.96 Å². The number of nitrogens with zero attached hydrogens (tertiary/aromatic N) is 2. The minimum absolute atomic E-state index is 0. The zero-order valence-electron chi connectivity index (χ0n) is 13.7. The Morgan fingerprint density at radius 1 is 1.21 bits per heavy atom. The summed E-state index contributed by atoms with van der Waals surface area (Å²) in [5.74, 6) is 0.340. The summed E-state index contributed by atoms with van der Waals surface area (Å²) < 4.78 is 37.2. The lowest BCUT2D eigenvalue weighted by atomic mass is 10.3. The molecule has 0 radical (unpaired) electrons. The van der Waals surface area contributed by atoms with Crippen LogP contribution in [0.15, 0.2) is 4.99 Å². The first kappa shape index (κ1) is 21.3. The highest BCUT2D eigenvalue weighted by Crippen LogP contribution is 2.20. The molecule has 1 atom stereocenters. The first-order valence-corrected chi connectivity index (χ1v) is 7.99. The molecular formula is C14H25F3IN5O. The second kappa shape index (κ2) is 9.64. The van der Waals surface area contributed by atoms with Crippen molar-refractivity contribution in [3.63, 3.8) is 0 Å². The Morgan fingerprint density at radius 3 is 2.50 bits per heavy atom. The molecule has 1 amide bonds. The standard InChI is InChI=1S/C14H24F3N5O.HI/c1-2-18-13(19-7-12(23)20-10-3-4-10)21-11-5-6-22(8-11)9-14(15,16)17;/h10-11H,2-9H2,1H3,(H,20,23)(H2,18,19,21);1H. The van der Waals surface area contributed by atoms with Gasteiger partial charge in [0, 0.05) is 31.7 Å². The number of hydrogen-bond donors (Lipinski definition) is 3. The largest absolute Gasteiger partial charge is 0.401 e. The molecule has 1 aliphatic heterocycles. The van der Waals surface area contributed by atoms with Gasteiger partial charge in [-0.15, -0.1) is 24.0 Å². The van der Waals surface area contributed by atoms with E-state index >= 15 is 0 Å². The van der Waals surface area contributed by atoms with Crippen molar-refractivity contribution in [3.05, 3.63) is 0 Å². The molecule has 0 aromatic carbocycles. The summed E-state index contributed by atoms with van der Waals surface area (Å²) >= 11 is 0. The van der Waals surface area contributed by atoms with Crippen molar-refractivity contribution in [2.75, 3.05) is 32.7 Å². The molecule has 3 N–H and O–H groups in total. The molecule has 2 fully saturated rings. The van der Waals surface area contributed by atoms with Gasteiger partial charge in [0.1, 0.15) is 6.54 Å². The van der Waals surface area contributed by atoms with Crippen LogP contribution in [0.4, 0.5) is 13.2 Å². The van der Waals surface area contributed by atoms with Crippen LogP contribution in [0.3, 0.4) is 0 Å². The van der Waals surface area contributed by atoms with Gasteiger partial charge >= 0.3 is 6.18 Å². The average molecular weight is 463 g/mol. The van der Waals surface area contributed by atoms with Crippen LogP contribution in [-0.2, 0) is 4.79 Å². The van der Waals surface area contributed by atoms with Gasteiger partial charge in [-0.25, -0.2) is 4.99 Å². The smallest absolute Gasteiger partial charge is 0.357 e. The fourth-order valence-electron chi connectivity index (χ4n) is 2.51. The Morgan fingerprint density at radius 2 is 1.92 bits per heavy atom. The molecule has 6 nitrogen and oxygen atoms in total. The summed E-state index contributed by atoms with van der Waals surface area (Å²) in [4.78, 5) is 17.2. The van der Waals surface area contributed by atoms with Crippen LogP contribution >= 0.6 is 24.0 Å². The molecule has 24 heavy (non-hydrogen) atoms. The van der Waals surface area contributed by atoms with Crippen LogP contribution in [0.2, 0.25) is 0 Å². The summed E-state index contributed by atoms with van der Waals surface area (Å²) in [6.45, 7) is 2.37. The van der Waals surface area contributed by atoms with Crippen molar-refractivity contribution in [1.29, 1.82) is 0 Å². The van der Waals surface area contributed by atoms with Gasteiger partial charge in [-0.3, -0.25) is 9.69 Å². The lowest BCUT2D eigenvalue weighted by Crippen LogP contribution is -2.45. The van der Waals surface area contributed by atoms with Crippen LogP contribution in [0, 0.1) is 0 Å². The van der Waals surface area contributed by atoms with Crippen LogP contribution in [0.5, 0.6) is 0 Å². The SMILES string of the molecule is CCNC(=NCC(=O)NC1CC1)NC1CCN(CC(F)(F)F)C1.I. The second-order valence-electron chi connectivity index (χ2n) is 6.02. The van der Waals surface area contributed by atoms with Crippen molar-refractivity contribution >= 4 is 35.8 Å². The number of rotatable bonds is 6. The molecule has 1 heterocycles. The monoisotopic (exact) mass is 463 g/mol. The molecule has 0 bridgehead atoms. The number of halogens is 4. The number of carbonyl (C=O) groups excluding carboxylic acids is 1. The van der Waals surface area contributed by atoms with Crippen LogP contribution in [0.25, 0.3) is 0 Å². The number of guanidine groups is 1. The average Bonchev–Trinajstić information content (AvgIpc) is 3.14. The van der Waals surface area contributed by atoms with E-state index in [0.29, 0.717) is 38.1 Å². The Kier molecular flexibility index (Phi) is 8.54. The fourth-order valence-corrected chi connectivity index (χ4v) is 2.51. The number of amides is 1. The van der Waals surface area contributed by atoms with E-state index in [1.165, 1.54) is 4.90 Å². The summed E-state index contributed by atoms with van der Waals surface area (Å²) in [7, 11) is 0. The number of hydrogen-bond acceptors (Lipinski definition) is 3. The van der Waals surface area contributed by atoms with Crippen molar-refractivity contribution in [2.45, 2.75) is 44.4 Å². The van der Waals surface area contributed by atoms with Gasteiger partial charge in [-0.2, -0.15) is 13.2 Å². The highest BCUT2D eigenvalue weighted by atomic mass is 127. The van der Waals surface area contributed by atoms with Crippen molar-refractivity contribution in [3.8, 4) is 0 Å². The van der Waals surface area contributed by atoms with Crippen molar-refractivity contribution in [1.82, 2.24) is 20.9 Å². The lowest BCUT2D eigenvalue weighted by Gasteiger charge is -2.19. The topological polar surface area (TPSA) is 68.8 Å². The normalized spacial score (nSPS) is 22.0. The first-order chi connectivity index (χ1) is 10.9. The minimum atomic E-state index is -4.17. The Bertz CT molecular complexity index is 443. The Labute approximate surface area is 157 Å². The number of aliphatic imine (C=N–C) groups is 1. The molecule has 2 aliphatic rings. The number of likely N-dealkylation sites (tertiary alicyclic amines) is 1. The van der Waals surface area contributed by atoms with E-state index in [1.54, 1.807) is 0 Å². The molecule has 1 saturated heterocycles. The van der Waals surface area contributed by atoms with Gasteiger partial charge in [-0.1, -0.05) is 0 Å². The molecular weight excluding hydrogens is 438 g/mol. The van der Waals surface area contributed by atoms with Crippen molar-refractivity contribution < 1.29 is 18.0 Å². The summed E-state index contributed by atoms with van der Waals surface area (Å²) in [6.07, 6.45) is -1.51. The van der Waals surface area contributed by atoms with Gasteiger partial charge < -0.3 is 16.0 Å². The van der Waals surface area contributed by atoms with Gasteiger partial charge in [0.05, 0.1) is 6.54 Å². The highest BCUT2D eigenvalue weighted by Gasteiger charge is 2.34. The number of carbonyl (C=O) groups is 1. The second-order valence-corrected chi connectivity index (χ2v) is 6.02. The van der Waals surface area contributed by atoms with Gasteiger partial charge in [0.2, 0.25) is 5.91 Å². The zero-order valence-corrected chi connectivity index (χ0v) is 16.0. The van der Waals surface area contributed by atoms with E-state index in [1.807, 2.05) is 6.92 Å². The molecule has 1 unspecified atom stereocenters. The third-order valence-electron chi connectivity index (χ3n) is 3.68. The molecule has 0 spiro atoms.